The molecule has 0 fully saturated rings. The van der Waals surface area contributed by atoms with Crippen LogP contribution in [0.3, 0.4) is 0 Å². The molecule has 0 heterocycles. The molecule has 0 saturated heterocycles. The summed E-state index contributed by atoms with van der Waals surface area (Å²) < 4.78 is 40.8. The number of sulfonamides is 1. The Labute approximate surface area is 138 Å². The molecule has 6 heteroatoms. The maximum atomic E-state index is 13.1. The van der Waals surface area contributed by atoms with Crippen molar-refractivity contribution in [2.24, 2.45) is 0 Å². The Morgan fingerprint density at radius 2 is 1.74 bits per heavy atom. The second kappa shape index (κ2) is 6.28. The third kappa shape index (κ3) is 3.37. The van der Waals surface area contributed by atoms with E-state index in [1.165, 1.54) is 18.2 Å². The summed E-state index contributed by atoms with van der Waals surface area (Å²) in [4.78, 5) is 0.212. The van der Waals surface area contributed by atoms with Crippen LogP contribution in [0.2, 0.25) is 5.02 Å². The highest BCUT2D eigenvalue weighted by molar-refractivity contribution is 7.89. The predicted octanol–water partition coefficient (Wildman–Crippen LogP) is 4.11. The summed E-state index contributed by atoms with van der Waals surface area (Å²) in [6, 6.07) is 16.5. The Hall–Kier alpha value is -1.95. The number of hydrogen-bond donors (Lipinski definition) is 1. The molecule has 0 aromatic heterocycles. The van der Waals surface area contributed by atoms with Crippen LogP contribution >= 0.6 is 11.6 Å². The largest absolute Gasteiger partial charge is 0.241 e. The van der Waals surface area contributed by atoms with Crippen LogP contribution in [0.5, 0.6) is 0 Å². The first-order valence-electron chi connectivity index (χ1n) is 6.89. The highest BCUT2D eigenvalue weighted by atomic mass is 35.5. The molecule has 3 aromatic rings. The molecule has 0 aliphatic carbocycles. The minimum atomic E-state index is -3.69. The molecule has 0 saturated carbocycles. The second-order valence-corrected chi connectivity index (χ2v) is 7.19. The summed E-state index contributed by atoms with van der Waals surface area (Å²) in [6.07, 6.45) is 0. The molecule has 0 spiro atoms. The molecule has 118 valence electrons. The zero-order valence-electron chi connectivity index (χ0n) is 12.0. The van der Waals surface area contributed by atoms with Crippen LogP contribution < -0.4 is 4.72 Å². The quantitative estimate of drug-likeness (QED) is 0.770. The van der Waals surface area contributed by atoms with Crippen LogP contribution in [0.4, 0.5) is 4.39 Å². The van der Waals surface area contributed by atoms with Gasteiger partial charge in [-0.25, -0.2) is 17.5 Å². The summed E-state index contributed by atoms with van der Waals surface area (Å²) in [5, 5.41) is 1.46. The van der Waals surface area contributed by atoms with E-state index >= 15 is 0 Å². The highest BCUT2D eigenvalue weighted by Crippen LogP contribution is 2.23. The zero-order chi connectivity index (χ0) is 16.4. The van der Waals surface area contributed by atoms with E-state index in [9.17, 15) is 12.8 Å². The molecule has 3 aromatic carbocycles. The van der Waals surface area contributed by atoms with E-state index in [1.807, 2.05) is 18.2 Å². The number of hydrogen-bond acceptors (Lipinski definition) is 2. The first kappa shape index (κ1) is 15.9. The van der Waals surface area contributed by atoms with E-state index < -0.39 is 15.8 Å². The van der Waals surface area contributed by atoms with Gasteiger partial charge in [0.2, 0.25) is 10.0 Å². The van der Waals surface area contributed by atoms with Gasteiger partial charge in [-0.05, 0) is 29.1 Å². The van der Waals surface area contributed by atoms with Crippen molar-refractivity contribution in [1.29, 1.82) is 0 Å². The normalized spacial score (nSPS) is 11.7. The maximum absolute atomic E-state index is 13.1. The van der Waals surface area contributed by atoms with Crippen LogP contribution in [0.1, 0.15) is 5.56 Å². The number of fused-ring (bicyclic) bond motifs is 1. The summed E-state index contributed by atoms with van der Waals surface area (Å²) >= 11 is 5.71. The monoisotopic (exact) mass is 349 g/mol. The van der Waals surface area contributed by atoms with Crippen molar-refractivity contribution < 1.29 is 12.8 Å². The number of nitrogens with one attached hydrogen (secondary N) is 1. The van der Waals surface area contributed by atoms with Crippen LogP contribution in [0.25, 0.3) is 10.8 Å². The van der Waals surface area contributed by atoms with Crippen molar-refractivity contribution in [1.82, 2.24) is 4.72 Å². The van der Waals surface area contributed by atoms with Crippen molar-refractivity contribution in [3.63, 3.8) is 0 Å². The van der Waals surface area contributed by atoms with Gasteiger partial charge in [0.15, 0.2) is 0 Å². The molecule has 1 N–H and O–H groups in total. The lowest BCUT2D eigenvalue weighted by atomic mass is 10.1. The highest BCUT2D eigenvalue weighted by Gasteiger charge is 2.16. The Bertz CT molecular complexity index is 968. The Balaban J connectivity index is 1.90. The number of halogens is 2. The molecule has 0 radical (unpaired) electrons. The van der Waals surface area contributed by atoms with Crippen molar-refractivity contribution in [3.05, 3.63) is 77.1 Å². The van der Waals surface area contributed by atoms with Crippen LogP contribution in [0.15, 0.2) is 65.6 Å². The minimum Gasteiger partial charge on any atom is -0.207 e. The maximum Gasteiger partial charge on any atom is 0.241 e. The van der Waals surface area contributed by atoms with Crippen molar-refractivity contribution >= 4 is 32.4 Å². The molecule has 23 heavy (non-hydrogen) atoms. The first-order chi connectivity index (χ1) is 11.0. The lowest BCUT2D eigenvalue weighted by Gasteiger charge is -2.10. The number of rotatable bonds is 4. The van der Waals surface area contributed by atoms with Crippen molar-refractivity contribution in [3.8, 4) is 0 Å². The number of benzene rings is 3. The van der Waals surface area contributed by atoms with Gasteiger partial charge in [-0.3, -0.25) is 0 Å². The molecular weight excluding hydrogens is 337 g/mol. The average Bonchev–Trinajstić information content (AvgIpc) is 2.55. The fraction of sp³-hybridized carbons (Fsp3) is 0.0588. The summed E-state index contributed by atoms with van der Waals surface area (Å²) in [7, 11) is -3.69. The van der Waals surface area contributed by atoms with E-state index in [0.29, 0.717) is 10.9 Å². The first-order valence-corrected chi connectivity index (χ1v) is 8.75. The van der Waals surface area contributed by atoms with Crippen LogP contribution in [-0.4, -0.2) is 8.42 Å². The lowest BCUT2D eigenvalue weighted by molar-refractivity contribution is 0.582. The zero-order valence-corrected chi connectivity index (χ0v) is 13.5. The molecule has 3 nitrogen and oxygen atoms in total. The van der Waals surface area contributed by atoms with Crippen LogP contribution in [0, 0.1) is 5.82 Å². The SMILES string of the molecule is O=S(=O)(NCc1ccc(F)c(Cl)c1)c1cccc2ccccc12. The fourth-order valence-electron chi connectivity index (χ4n) is 2.34. The van der Waals surface area contributed by atoms with E-state index in [1.54, 1.807) is 24.3 Å². The summed E-state index contributed by atoms with van der Waals surface area (Å²) in [6.45, 7) is 0.0333. The van der Waals surface area contributed by atoms with Gasteiger partial charge in [-0.1, -0.05) is 54.1 Å². The lowest BCUT2D eigenvalue weighted by Crippen LogP contribution is -2.23. The predicted molar refractivity (Wildman–Crippen MR) is 89.4 cm³/mol. The molecule has 0 unspecified atom stereocenters. The van der Waals surface area contributed by atoms with Crippen molar-refractivity contribution in [2.45, 2.75) is 11.4 Å². The topological polar surface area (TPSA) is 46.2 Å². The van der Waals surface area contributed by atoms with Gasteiger partial charge in [0.25, 0.3) is 0 Å². The van der Waals surface area contributed by atoms with E-state index in [2.05, 4.69) is 4.72 Å². The molecule has 0 aliphatic heterocycles. The second-order valence-electron chi connectivity index (χ2n) is 5.05. The third-order valence-electron chi connectivity index (χ3n) is 3.49. The van der Waals surface area contributed by atoms with Gasteiger partial charge >= 0.3 is 0 Å². The molecule has 0 aliphatic rings. The standard InChI is InChI=1S/C17H13ClFNO2S/c18-15-10-12(8-9-16(15)19)11-20-23(21,22)17-7-3-5-13-4-1-2-6-14(13)17/h1-10,20H,11H2. The minimum absolute atomic E-state index is 0.0333. The van der Waals surface area contributed by atoms with Gasteiger partial charge in [0.05, 0.1) is 9.92 Å². The van der Waals surface area contributed by atoms with Gasteiger partial charge in [-0.2, -0.15) is 0 Å². The Morgan fingerprint density at radius 1 is 1.00 bits per heavy atom. The molecular formula is C17H13ClFNO2S. The third-order valence-corrected chi connectivity index (χ3v) is 5.24. The molecule has 0 amide bonds. The van der Waals surface area contributed by atoms with Crippen molar-refractivity contribution in [2.75, 3.05) is 0 Å². The smallest absolute Gasteiger partial charge is 0.207 e. The summed E-state index contributed by atoms with van der Waals surface area (Å²) in [5.41, 5.74) is 0.584. The van der Waals surface area contributed by atoms with Gasteiger partial charge in [0, 0.05) is 11.9 Å². The Morgan fingerprint density at radius 3 is 2.52 bits per heavy atom. The van der Waals surface area contributed by atoms with E-state index in [-0.39, 0.29) is 16.5 Å². The average molecular weight is 350 g/mol. The van der Waals surface area contributed by atoms with Crippen LogP contribution in [-0.2, 0) is 16.6 Å². The molecule has 0 bridgehead atoms. The summed E-state index contributed by atoms with van der Waals surface area (Å²) in [5.74, 6) is -0.535. The Kier molecular flexibility index (Phi) is 4.35. The molecule has 0 atom stereocenters. The molecule has 3 rings (SSSR count). The van der Waals surface area contributed by atoms with E-state index in [4.69, 9.17) is 11.6 Å². The van der Waals surface area contributed by atoms with E-state index in [0.717, 1.165) is 5.39 Å². The fourth-order valence-corrected chi connectivity index (χ4v) is 3.78. The van der Waals surface area contributed by atoms with Gasteiger partial charge in [-0.15, -0.1) is 0 Å². The van der Waals surface area contributed by atoms with Gasteiger partial charge in [0.1, 0.15) is 5.82 Å². The van der Waals surface area contributed by atoms with Gasteiger partial charge < -0.3 is 0 Å².